The number of esters is 2. The lowest BCUT2D eigenvalue weighted by Crippen LogP contribution is -2.39. The molecule has 0 aliphatic rings. The summed E-state index contributed by atoms with van der Waals surface area (Å²) in [6.07, 6.45) is 0. The predicted octanol–water partition coefficient (Wildman–Crippen LogP) is 3.04. The minimum absolute atomic E-state index is 0.0483. The van der Waals surface area contributed by atoms with Gasteiger partial charge in [0.15, 0.2) is 0 Å². The Morgan fingerprint density at radius 1 is 1.00 bits per heavy atom. The van der Waals surface area contributed by atoms with E-state index >= 15 is 0 Å². The van der Waals surface area contributed by atoms with Gasteiger partial charge in [0, 0.05) is 6.54 Å². The van der Waals surface area contributed by atoms with Gasteiger partial charge in [0.1, 0.15) is 11.2 Å². The molecule has 0 amide bonds. The molecule has 1 aromatic rings. The first-order valence-corrected chi connectivity index (χ1v) is 8.53. The Labute approximate surface area is 155 Å². The second kappa shape index (κ2) is 8.81. The normalized spacial score (nSPS) is 11.8. The van der Waals surface area contributed by atoms with E-state index in [-0.39, 0.29) is 13.1 Å². The van der Waals surface area contributed by atoms with E-state index in [1.807, 2.05) is 6.07 Å². The fourth-order valence-electron chi connectivity index (χ4n) is 2.28. The van der Waals surface area contributed by atoms with Crippen LogP contribution in [-0.2, 0) is 25.6 Å². The van der Waals surface area contributed by atoms with Crippen LogP contribution in [0.25, 0.3) is 0 Å². The number of ether oxygens (including phenoxy) is 2. The molecule has 0 aliphatic heterocycles. The average Bonchev–Trinajstić information content (AvgIpc) is 2.42. The molecule has 0 radical (unpaired) electrons. The summed E-state index contributed by atoms with van der Waals surface area (Å²) in [7, 11) is 0. The zero-order valence-electron chi connectivity index (χ0n) is 16.5. The van der Waals surface area contributed by atoms with Gasteiger partial charge >= 0.3 is 11.9 Å². The van der Waals surface area contributed by atoms with Crippen LogP contribution in [0.2, 0.25) is 0 Å². The van der Waals surface area contributed by atoms with Crippen LogP contribution in [0.3, 0.4) is 0 Å². The van der Waals surface area contributed by atoms with Crippen molar-refractivity contribution in [3.05, 3.63) is 35.4 Å². The maximum Gasteiger partial charge on any atom is 0.320 e. The predicted molar refractivity (Wildman–Crippen MR) is 98.1 cm³/mol. The second-order valence-electron chi connectivity index (χ2n) is 8.13. The van der Waals surface area contributed by atoms with Crippen molar-refractivity contribution in [2.75, 3.05) is 13.1 Å². The highest BCUT2D eigenvalue weighted by atomic mass is 16.6. The van der Waals surface area contributed by atoms with Gasteiger partial charge in [-0.05, 0) is 59.2 Å². The number of nitriles is 1. The fraction of sp³-hybridized carbons (Fsp3) is 0.550. The summed E-state index contributed by atoms with van der Waals surface area (Å²) in [6.45, 7) is 11.0. The minimum atomic E-state index is -0.602. The van der Waals surface area contributed by atoms with Crippen molar-refractivity contribution in [2.45, 2.75) is 59.3 Å². The summed E-state index contributed by atoms with van der Waals surface area (Å²) in [5.41, 5.74) is 0.151. The van der Waals surface area contributed by atoms with Crippen molar-refractivity contribution in [3.8, 4) is 6.07 Å². The number of hydrogen-bond acceptors (Lipinski definition) is 6. The van der Waals surface area contributed by atoms with Gasteiger partial charge in [-0.2, -0.15) is 5.26 Å². The van der Waals surface area contributed by atoms with E-state index < -0.39 is 23.1 Å². The summed E-state index contributed by atoms with van der Waals surface area (Å²) in [5.74, 6) is -0.838. The molecule has 142 valence electrons. The monoisotopic (exact) mass is 360 g/mol. The van der Waals surface area contributed by atoms with Crippen LogP contribution in [0.15, 0.2) is 24.3 Å². The van der Waals surface area contributed by atoms with Crippen LogP contribution >= 0.6 is 0 Å². The molecule has 0 atom stereocenters. The molecule has 0 spiro atoms. The maximum absolute atomic E-state index is 12.2. The van der Waals surface area contributed by atoms with Gasteiger partial charge in [-0.1, -0.05) is 12.1 Å². The Hall–Kier alpha value is -2.39. The lowest BCUT2D eigenvalue weighted by molar-refractivity contribution is -0.160. The van der Waals surface area contributed by atoms with Gasteiger partial charge in [0.2, 0.25) is 0 Å². The zero-order chi connectivity index (χ0) is 20.0. The molecule has 1 aromatic carbocycles. The molecule has 0 aliphatic carbocycles. The molecule has 0 saturated carbocycles. The number of nitrogens with zero attached hydrogens (tertiary/aromatic N) is 2. The van der Waals surface area contributed by atoms with Crippen molar-refractivity contribution < 1.29 is 19.1 Å². The van der Waals surface area contributed by atoms with E-state index in [2.05, 4.69) is 6.07 Å². The second-order valence-corrected chi connectivity index (χ2v) is 8.13. The van der Waals surface area contributed by atoms with Gasteiger partial charge in [-0.15, -0.1) is 0 Å². The third-order valence-electron chi connectivity index (χ3n) is 3.01. The van der Waals surface area contributed by atoms with Crippen LogP contribution in [0.5, 0.6) is 0 Å². The summed E-state index contributed by atoms with van der Waals surface area (Å²) < 4.78 is 10.7. The molecule has 1 rings (SSSR count). The van der Waals surface area contributed by atoms with Gasteiger partial charge < -0.3 is 9.47 Å². The zero-order valence-corrected chi connectivity index (χ0v) is 16.5. The van der Waals surface area contributed by atoms with Crippen molar-refractivity contribution in [1.29, 1.82) is 5.26 Å². The summed E-state index contributed by atoms with van der Waals surface area (Å²) in [6, 6.07) is 9.14. The fourth-order valence-corrected chi connectivity index (χ4v) is 2.28. The molecule has 26 heavy (non-hydrogen) atoms. The van der Waals surface area contributed by atoms with E-state index in [4.69, 9.17) is 14.7 Å². The first-order valence-electron chi connectivity index (χ1n) is 8.53. The quantitative estimate of drug-likeness (QED) is 0.726. The summed E-state index contributed by atoms with van der Waals surface area (Å²) in [4.78, 5) is 26.0. The molecule has 0 unspecified atom stereocenters. The van der Waals surface area contributed by atoms with E-state index in [1.54, 1.807) is 64.6 Å². The van der Waals surface area contributed by atoms with Crippen LogP contribution in [0.4, 0.5) is 0 Å². The lowest BCUT2D eigenvalue weighted by atomic mass is 10.1. The van der Waals surface area contributed by atoms with E-state index in [1.165, 1.54) is 0 Å². The van der Waals surface area contributed by atoms with Gasteiger partial charge in [-0.25, -0.2) is 0 Å². The molecule has 0 N–H and O–H groups in total. The average molecular weight is 360 g/mol. The van der Waals surface area contributed by atoms with E-state index in [0.29, 0.717) is 12.1 Å². The molecule has 0 bridgehead atoms. The molecule has 0 heterocycles. The van der Waals surface area contributed by atoms with Crippen molar-refractivity contribution in [3.63, 3.8) is 0 Å². The number of hydrogen-bond donors (Lipinski definition) is 0. The summed E-state index contributed by atoms with van der Waals surface area (Å²) >= 11 is 0. The van der Waals surface area contributed by atoms with Crippen LogP contribution in [0.1, 0.15) is 52.7 Å². The molecular formula is C20H28N2O4. The van der Waals surface area contributed by atoms with Crippen LogP contribution in [0, 0.1) is 11.3 Å². The number of carbonyl (C=O) groups is 2. The third kappa shape index (κ3) is 9.19. The van der Waals surface area contributed by atoms with Crippen molar-refractivity contribution >= 4 is 11.9 Å². The molecule has 0 fully saturated rings. The first-order chi connectivity index (χ1) is 11.9. The highest BCUT2D eigenvalue weighted by Gasteiger charge is 2.23. The maximum atomic E-state index is 12.2. The standard InChI is InChI=1S/C20H28N2O4/c1-19(2,3)25-17(23)13-22(14-18(24)26-20(4,5)6)12-16-9-7-8-15(10-16)11-21/h7-10H,12-14H2,1-6H3. The lowest BCUT2D eigenvalue weighted by Gasteiger charge is -2.26. The SMILES string of the molecule is CC(C)(C)OC(=O)CN(CC(=O)OC(C)(C)C)Cc1cccc(C#N)c1. The smallest absolute Gasteiger partial charge is 0.320 e. The van der Waals surface area contributed by atoms with Gasteiger partial charge in [0.25, 0.3) is 0 Å². The minimum Gasteiger partial charge on any atom is -0.459 e. The third-order valence-corrected chi connectivity index (χ3v) is 3.01. The number of carbonyl (C=O) groups excluding carboxylic acids is 2. The topological polar surface area (TPSA) is 79.6 Å². The Balaban J connectivity index is 2.88. The Morgan fingerprint density at radius 2 is 1.50 bits per heavy atom. The Bertz CT molecular complexity index is 648. The largest absolute Gasteiger partial charge is 0.459 e. The summed E-state index contributed by atoms with van der Waals surface area (Å²) in [5, 5.41) is 9.03. The van der Waals surface area contributed by atoms with Crippen molar-refractivity contribution in [1.82, 2.24) is 4.90 Å². The molecule has 0 saturated heterocycles. The van der Waals surface area contributed by atoms with E-state index in [0.717, 1.165) is 5.56 Å². The Kier molecular flexibility index (Phi) is 7.34. The highest BCUT2D eigenvalue weighted by Crippen LogP contribution is 2.12. The molecule has 6 nitrogen and oxygen atoms in total. The molecule has 0 aromatic heterocycles. The highest BCUT2D eigenvalue weighted by molar-refractivity contribution is 5.75. The van der Waals surface area contributed by atoms with Gasteiger partial charge in [-0.3, -0.25) is 14.5 Å². The van der Waals surface area contributed by atoms with Crippen LogP contribution < -0.4 is 0 Å². The molecular weight excluding hydrogens is 332 g/mol. The van der Waals surface area contributed by atoms with E-state index in [9.17, 15) is 9.59 Å². The first kappa shape index (κ1) is 21.7. The Morgan fingerprint density at radius 3 is 1.92 bits per heavy atom. The molecule has 6 heteroatoms. The van der Waals surface area contributed by atoms with Crippen molar-refractivity contribution in [2.24, 2.45) is 0 Å². The van der Waals surface area contributed by atoms with Gasteiger partial charge in [0.05, 0.1) is 24.7 Å². The number of benzene rings is 1. The number of rotatable bonds is 6. The van der Waals surface area contributed by atoms with Crippen LogP contribution in [-0.4, -0.2) is 41.1 Å².